The molecule has 3 rings (SSSR count). The van der Waals surface area contributed by atoms with Crippen LogP contribution in [0.25, 0.3) is 11.1 Å². The summed E-state index contributed by atoms with van der Waals surface area (Å²) < 4.78 is 43.2. The number of anilines is 1. The summed E-state index contributed by atoms with van der Waals surface area (Å²) in [6.45, 7) is 4.94. The maximum Gasteiger partial charge on any atom is 0.264 e. The first-order valence-electron chi connectivity index (χ1n) is 9.82. The first-order chi connectivity index (χ1) is 13.9. The van der Waals surface area contributed by atoms with Crippen molar-refractivity contribution in [3.8, 4) is 16.9 Å². The summed E-state index contributed by atoms with van der Waals surface area (Å²) in [4.78, 5) is 2.02. The molecule has 1 aliphatic rings. The van der Waals surface area contributed by atoms with Crippen molar-refractivity contribution >= 4 is 15.8 Å². The van der Waals surface area contributed by atoms with E-state index < -0.39 is 10.1 Å². The highest BCUT2D eigenvalue weighted by Crippen LogP contribution is 2.40. The molecular weight excluding hydrogens is 390 g/mol. The number of hydrogen-bond donors (Lipinski definition) is 1. The Kier molecular flexibility index (Phi) is 6.82. The van der Waals surface area contributed by atoms with Gasteiger partial charge in [0.2, 0.25) is 0 Å². The third-order valence-corrected chi connectivity index (χ3v) is 5.54. The van der Waals surface area contributed by atoms with Crippen LogP contribution in [0.2, 0.25) is 0 Å². The van der Waals surface area contributed by atoms with Gasteiger partial charge in [0.05, 0.1) is 23.8 Å². The summed E-state index contributed by atoms with van der Waals surface area (Å²) in [5.41, 5.74) is 3.04. The number of allylic oxidation sites excluding steroid dienone is 1. The minimum absolute atomic E-state index is 0.289. The molecule has 1 heterocycles. The molecule has 1 aliphatic heterocycles. The predicted molar refractivity (Wildman–Crippen MR) is 115 cm³/mol. The van der Waals surface area contributed by atoms with Crippen molar-refractivity contribution in [1.82, 2.24) is 0 Å². The lowest BCUT2D eigenvalue weighted by Gasteiger charge is -2.24. The Bertz CT molecular complexity index is 956. The molecule has 0 amide bonds. The topological polar surface area (TPSA) is 76.1 Å². The van der Waals surface area contributed by atoms with Crippen LogP contribution in [0.5, 0.6) is 5.75 Å². The number of hydrogen-bond acceptors (Lipinski definition) is 5. The number of benzene rings is 2. The lowest BCUT2D eigenvalue weighted by atomic mass is 10.0. The van der Waals surface area contributed by atoms with Crippen molar-refractivity contribution in [3.63, 3.8) is 0 Å². The second-order valence-electron chi connectivity index (χ2n) is 6.81. The molecule has 0 spiro atoms. The van der Waals surface area contributed by atoms with E-state index in [0.29, 0.717) is 13.2 Å². The van der Waals surface area contributed by atoms with Crippen LogP contribution < -0.4 is 9.64 Å². The number of rotatable bonds is 9. The Labute approximate surface area is 172 Å². The van der Waals surface area contributed by atoms with Gasteiger partial charge < -0.3 is 14.4 Å². The van der Waals surface area contributed by atoms with Gasteiger partial charge in [0, 0.05) is 19.0 Å². The fraction of sp³-hybridized carbons (Fsp3) is 0.364. The SMILES string of the molecule is CCO/C(=C\[C@@H]1Oc2ccc(-c3ccccc3)cc2N1CCCS(=O)(=O)O)CC. The van der Waals surface area contributed by atoms with Crippen LogP contribution >= 0.6 is 0 Å². The third-order valence-electron chi connectivity index (χ3n) is 4.74. The monoisotopic (exact) mass is 417 g/mol. The zero-order valence-electron chi connectivity index (χ0n) is 16.7. The number of ether oxygens (including phenoxy) is 2. The molecule has 2 aromatic carbocycles. The lowest BCUT2D eigenvalue weighted by molar-refractivity contribution is 0.206. The van der Waals surface area contributed by atoms with Crippen molar-refractivity contribution in [1.29, 1.82) is 0 Å². The van der Waals surface area contributed by atoms with E-state index in [9.17, 15) is 8.42 Å². The first-order valence-corrected chi connectivity index (χ1v) is 11.4. The Morgan fingerprint density at radius 1 is 1.17 bits per heavy atom. The van der Waals surface area contributed by atoms with Crippen LogP contribution in [0.3, 0.4) is 0 Å². The van der Waals surface area contributed by atoms with Gasteiger partial charge >= 0.3 is 0 Å². The zero-order chi connectivity index (χ0) is 20.9. The van der Waals surface area contributed by atoms with Gasteiger partial charge in [-0.25, -0.2) is 0 Å². The molecule has 0 aromatic heterocycles. The molecule has 1 N–H and O–H groups in total. The van der Waals surface area contributed by atoms with E-state index in [1.54, 1.807) is 0 Å². The van der Waals surface area contributed by atoms with Gasteiger partial charge in [-0.1, -0.05) is 43.3 Å². The van der Waals surface area contributed by atoms with Gasteiger partial charge in [0.15, 0.2) is 6.23 Å². The zero-order valence-corrected chi connectivity index (χ0v) is 17.6. The van der Waals surface area contributed by atoms with Crippen LogP contribution in [0.1, 0.15) is 26.7 Å². The fourth-order valence-corrected chi connectivity index (χ4v) is 3.88. The van der Waals surface area contributed by atoms with Gasteiger partial charge in [-0.2, -0.15) is 8.42 Å². The van der Waals surface area contributed by atoms with Crippen molar-refractivity contribution in [2.24, 2.45) is 0 Å². The molecule has 29 heavy (non-hydrogen) atoms. The van der Waals surface area contributed by atoms with Crippen molar-refractivity contribution in [3.05, 3.63) is 60.4 Å². The highest BCUT2D eigenvalue weighted by molar-refractivity contribution is 7.85. The van der Waals surface area contributed by atoms with Crippen molar-refractivity contribution in [2.75, 3.05) is 23.8 Å². The normalized spacial score (nSPS) is 16.4. The maximum absolute atomic E-state index is 11.2. The van der Waals surface area contributed by atoms with Crippen molar-refractivity contribution < 1.29 is 22.4 Å². The Morgan fingerprint density at radius 3 is 2.59 bits per heavy atom. The average Bonchev–Trinajstić information content (AvgIpc) is 3.04. The lowest BCUT2D eigenvalue weighted by Crippen LogP contribution is -2.35. The predicted octanol–water partition coefficient (Wildman–Crippen LogP) is 4.49. The van der Waals surface area contributed by atoms with Crippen LogP contribution in [-0.4, -0.2) is 38.1 Å². The van der Waals surface area contributed by atoms with Gasteiger partial charge in [-0.05, 0) is 36.6 Å². The second-order valence-corrected chi connectivity index (χ2v) is 8.38. The molecule has 6 nitrogen and oxygen atoms in total. The Hall–Kier alpha value is -2.51. The smallest absolute Gasteiger partial charge is 0.264 e. The minimum Gasteiger partial charge on any atom is -0.498 e. The van der Waals surface area contributed by atoms with E-state index in [1.165, 1.54) is 0 Å². The average molecular weight is 418 g/mol. The fourth-order valence-electron chi connectivity index (χ4n) is 3.38. The molecule has 0 bridgehead atoms. The third kappa shape index (κ3) is 5.52. The summed E-state index contributed by atoms with van der Waals surface area (Å²) in [6, 6.07) is 16.0. The molecule has 1 atom stereocenters. The van der Waals surface area contributed by atoms with Crippen LogP contribution in [0, 0.1) is 0 Å². The standard InChI is InChI=1S/C22H27NO5S/c1-3-19(27-4-2)16-22-23(13-8-14-29(24,25)26)20-15-18(11-12-21(20)28-22)17-9-6-5-7-10-17/h5-7,9-12,15-16,22H,3-4,8,13-14H2,1-2H3,(H,24,25,26)/b19-16-/t22-/m0/s1. The van der Waals surface area contributed by atoms with E-state index in [0.717, 1.165) is 34.7 Å². The summed E-state index contributed by atoms with van der Waals surface area (Å²) in [5, 5.41) is 0. The van der Waals surface area contributed by atoms with E-state index in [1.807, 2.05) is 67.3 Å². The summed E-state index contributed by atoms with van der Waals surface area (Å²) in [7, 11) is -4.01. The Morgan fingerprint density at radius 2 is 1.93 bits per heavy atom. The van der Waals surface area contributed by atoms with Crippen LogP contribution in [0.4, 0.5) is 5.69 Å². The van der Waals surface area contributed by atoms with E-state index in [2.05, 4.69) is 6.07 Å². The maximum atomic E-state index is 11.2. The van der Waals surface area contributed by atoms with Crippen LogP contribution in [0.15, 0.2) is 60.4 Å². The summed E-state index contributed by atoms with van der Waals surface area (Å²) in [5.74, 6) is 1.28. The molecule has 7 heteroatoms. The van der Waals surface area contributed by atoms with Gasteiger partial charge in [-0.3, -0.25) is 4.55 Å². The molecule has 2 aromatic rings. The van der Waals surface area contributed by atoms with Crippen LogP contribution in [-0.2, 0) is 14.9 Å². The van der Waals surface area contributed by atoms with Gasteiger partial charge in [-0.15, -0.1) is 0 Å². The quantitative estimate of drug-likeness (QED) is 0.479. The van der Waals surface area contributed by atoms with Gasteiger partial charge in [0.1, 0.15) is 5.75 Å². The number of fused-ring (bicyclic) bond motifs is 1. The molecule has 156 valence electrons. The molecule has 0 unspecified atom stereocenters. The Balaban J connectivity index is 1.91. The first kappa shape index (κ1) is 21.2. The molecule has 0 radical (unpaired) electrons. The second kappa shape index (κ2) is 9.33. The van der Waals surface area contributed by atoms with E-state index >= 15 is 0 Å². The highest BCUT2D eigenvalue weighted by Gasteiger charge is 2.30. The highest BCUT2D eigenvalue weighted by atomic mass is 32.2. The number of nitrogens with zero attached hydrogens (tertiary/aromatic N) is 1. The molecule has 0 fully saturated rings. The van der Waals surface area contributed by atoms with Gasteiger partial charge in [0.25, 0.3) is 10.1 Å². The molecular formula is C22H27NO5S. The minimum atomic E-state index is -4.01. The molecule has 0 saturated heterocycles. The largest absolute Gasteiger partial charge is 0.498 e. The van der Waals surface area contributed by atoms with Crippen molar-refractivity contribution in [2.45, 2.75) is 32.9 Å². The van der Waals surface area contributed by atoms with E-state index in [4.69, 9.17) is 14.0 Å². The summed E-state index contributed by atoms with van der Waals surface area (Å²) in [6.07, 6.45) is 2.56. The van der Waals surface area contributed by atoms with E-state index in [-0.39, 0.29) is 18.4 Å². The molecule has 0 saturated carbocycles. The molecule has 0 aliphatic carbocycles. The summed E-state index contributed by atoms with van der Waals surface area (Å²) >= 11 is 0.